The van der Waals surface area contributed by atoms with Crippen molar-refractivity contribution in [1.29, 1.82) is 0 Å². The van der Waals surface area contributed by atoms with Gasteiger partial charge >= 0.3 is 0 Å². The Morgan fingerprint density at radius 1 is 1.30 bits per heavy atom. The molecule has 0 unspecified atom stereocenters. The average Bonchev–Trinajstić information content (AvgIpc) is 3.16. The summed E-state index contributed by atoms with van der Waals surface area (Å²) >= 11 is 7.52. The van der Waals surface area contributed by atoms with Gasteiger partial charge in [0.25, 0.3) is 0 Å². The van der Waals surface area contributed by atoms with E-state index in [0.29, 0.717) is 18.2 Å². The lowest BCUT2D eigenvalue weighted by Gasteiger charge is -1.98. The first kappa shape index (κ1) is 13.9. The highest BCUT2D eigenvalue weighted by atomic mass is 35.5. The maximum atomic E-state index is 5.85. The van der Waals surface area contributed by atoms with Gasteiger partial charge in [0.05, 0.1) is 12.3 Å². The molecule has 0 amide bonds. The second-order valence-corrected chi connectivity index (χ2v) is 6.41. The van der Waals surface area contributed by atoms with E-state index in [9.17, 15) is 0 Å². The van der Waals surface area contributed by atoms with Crippen LogP contribution in [-0.2, 0) is 12.3 Å². The Morgan fingerprint density at radius 2 is 2.10 bits per heavy atom. The number of aromatic nitrogens is 2. The maximum Gasteiger partial charge on any atom is 0.240 e. The lowest BCUT2D eigenvalue weighted by Crippen LogP contribution is -2.16. The number of benzene rings is 1. The van der Waals surface area contributed by atoms with E-state index < -0.39 is 0 Å². The number of thioether (sulfide) groups is 1. The first-order chi connectivity index (χ1) is 9.79. The Morgan fingerprint density at radius 3 is 2.85 bits per heavy atom. The zero-order chi connectivity index (χ0) is 13.8. The molecule has 106 valence electrons. The molecule has 1 fully saturated rings. The summed E-state index contributed by atoms with van der Waals surface area (Å²) in [5.74, 6) is 2.96. The fourth-order valence-corrected chi connectivity index (χ4v) is 2.67. The van der Waals surface area contributed by atoms with Gasteiger partial charge in [0, 0.05) is 9.92 Å². The van der Waals surface area contributed by atoms with Gasteiger partial charge in [-0.15, -0.1) is 11.8 Å². The summed E-state index contributed by atoms with van der Waals surface area (Å²) in [5.41, 5.74) is 0. The minimum absolute atomic E-state index is 0.662. The van der Waals surface area contributed by atoms with Crippen LogP contribution in [0.15, 0.2) is 33.7 Å². The molecular weight excluding hydrogens is 294 g/mol. The van der Waals surface area contributed by atoms with Gasteiger partial charge in [-0.05, 0) is 49.6 Å². The van der Waals surface area contributed by atoms with E-state index in [-0.39, 0.29) is 0 Å². The third-order valence-corrected chi connectivity index (χ3v) is 4.36. The van der Waals surface area contributed by atoms with Crippen molar-refractivity contribution in [3.63, 3.8) is 0 Å². The Kier molecular flexibility index (Phi) is 4.60. The predicted octanol–water partition coefficient (Wildman–Crippen LogP) is 3.51. The molecule has 1 aliphatic rings. The zero-order valence-electron chi connectivity index (χ0n) is 11.0. The van der Waals surface area contributed by atoms with Crippen molar-refractivity contribution in [1.82, 2.24) is 15.5 Å². The molecule has 1 aromatic heterocycles. The minimum atomic E-state index is 0.662. The van der Waals surface area contributed by atoms with Crippen molar-refractivity contribution in [2.45, 2.75) is 30.0 Å². The van der Waals surface area contributed by atoms with E-state index in [0.717, 1.165) is 28.2 Å². The van der Waals surface area contributed by atoms with Gasteiger partial charge in [-0.25, -0.2) is 0 Å². The highest BCUT2D eigenvalue weighted by Crippen LogP contribution is 2.27. The molecule has 1 N–H and O–H groups in total. The van der Waals surface area contributed by atoms with Crippen molar-refractivity contribution in [2.75, 3.05) is 6.54 Å². The first-order valence-electron chi connectivity index (χ1n) is 6.70. The highest BCUT2D eigenvalue weighted by Gasteiger charge is 2.20. The molecule has 1 aliphatic carbocycles. The molecule has 6 heteroatoms. The fraction of sp³-hybridized carbons (Fsp3) is 0.429. The van der Waals surface area contributed by atoms with Crippen molar-refractivity contribution in [3.05, 3.63) is 41.0 Å². The van der Waals surface area contributed by atoms with Crippen LogP contribution in [0.2, 0.25) is 5.02 Å². The molecule has 0 saturated heterocycles. The van der Waals surface area contributed by atoms with Crippen LogP contribution in [0.3, 0.4) is 0 Å². The molecular formula is C14H16ClN3OS. The van der Waals surface area contributed by atoms with Crippen LogP contribution in [0.25, 0.3) is 0 Å². The molecule has 3 rings (SSSR count). The van der Waals surface area contributed by atoms with Crippen LogP contribution in [-0.4, -0.2) is 16.7 Å². The van der Waals surface area contributed by atoms with E-state index in [1.165, 1.54) is 12.8 Å². The van der Waals surface area contributed by atoms with Gasteiger partial charge in [-0.1, -0.05) is 16.8 Å². The second-order valence-electron chi connectivity index (χ2n) is 4.92. The van der Waals surface area contributed by atoms with Crippen molar-refractivity contribution >= 4 is 23.4 Å². The number of hydrogen-bond donors (Lipinski definition) is 1. The lowest BCUT2D eigenvalue weighted by atomic mass is 10.4. The van der Waals surface area contributed by atoms with E-state index in [1.54, 1.807) is 11.8 Å². The van der Waals surface area contributed by atoms with Gasteiger partial charge in [-0.3, -0.25) is 0 Å². The van der Waals surface area contributed by atoms with Crippen LogP contribution in [0.5, 0.6) is 0 Å². The smallest absolute Gasteiger partial charge is 0.240 e. The summed E-state index contributed by atoms with van der Waals surface area (Å²) in [6, 6.07) is 7.75. The topological polar surface area (TPSA) is 51.0 Å². The summed E-state index contributed by atoms with van der Waals surface area (Å²) < 4.78 is 5.22. The van der Waals surface area contributed by atoms with Crippen LogP contribution in [0.1, 0.15) is 24.6 Å². The maximum absolute atomic E-state index is 5.85. The fourth-order valence-electron chi connectivity index (χ4n) is 1.80. The molecule has 0 radical (unpaired) electrons. The Hall–Kier alpha value is -1.04. The largest absolute Gasteiger partial charge is 0.338 e. The number of nitrogens with one attached hydrogen (secondary N) is 1. The number of rotatable bonds is 7. The van der Waals surface area contributed by atoms with Gasteiger partial charge < -0.3 is 9.84 Å². The normalized spacial score (nSPS) is 14.7. The van der Waals surface area contributed by atoms with E-state index >= 15 is 0 Å². The van der Waals surface area contributed by atoms with Crippen LogP contribution in [0, 0.1) is 5.92 Å². The average molecular weight is 310 g/mol. The molecule has 2 aromatic rings. The van der Waals surface area contributed by atoms with Crippen LogP contribution in [0.4, 0.5) is 0 Å². The molecule has 4 nitrogen and oxygen atoms in total. The molecule has 0 spiro atoms. The van der Waals surface area contributed by atoms with Gasteiger partial charge in [0.1, 0.15) is 0 Å². The molecule has 20 heavy (non-hydrogen) atoms. The second kappa shape index (κ2) is 6.61. The third-order valence-electron chi connectivity index (χ3n) is 3.10. The molecule has 0 atom stereocenters. The molecule has 0 bridgehead atoms. The van der Waals surface area contributed by atoms with Gasteiger partial charge in [0.15, 0.2) is 5.82 Å². The predicted molar refractivity (Wildman–Crippen MR) is 79.7 cm³/mol. The minimum Gasteiger partial charge on any atom is -0.338 e. The van der Waals surface area contributed by atoms with Crippen LogP contribution < -0.4 is 5.32 Å². The van der Waals surface area contributed by atoms with Crippen molar-refractivity contribution < 1.29 is 4.52 Å². The summed E-state index contributed by atoms with van der Waals surface area (Å²) in [4.78, 5) is 5.52. The third kappa shape index (κ3) is 4.23. The summed E-state index contributed by atoms with van der Waals surface area (Å²) in [5, 5.41) is 8.08. The summed E-state index contributed by atoms with van der Waals surface area (Å²) in [6.07, 6.45) is 2.69. The Labute approximate surface area is 127 Å². The number of halogens is 1. The van der Waals surface area contributed by atoms with E-state index in [4.69, 9.17) is 16.1 Å². The highest BCUT2D eigenvalue weighted by molar-refractivity contribution is 7.98. The SMILES string of the molecule is Clc1ccc(SCc2noc(CNCC3CC3)n2)cc1. The van der Waals surface area contributed by atoms with Gasteiger partial charge in [0.2, 0.25) is 5.89 Å². The molecule has 1 aromatic carbocycles. The standard InChI is InChI=1S/C14H16ClN3OS/c15-11-3-5-12(6-4-11)20-9-13-17-14(19-18-13)8-16-7-10-1-2-10/h3-6,10,16H,1-2,7-9H2. The lowest BCUT2D eigenvalue weighted by molar-refractivity contribution is 0.363. The van der Waals surface area contributed by atoms with Crippen LogP contribution >= 0.6 is 23.4 Å². The Bertz CT molecular complexity index is 554. The summed E-state index contributed by atoms with van der Waals surface area (Å²) in [7, 11) is 0. The van der Waals surface area contributed by atoms with Gasteiger partial charge in [-0.2, -0.15) is 4.98 Å². The number of nitrogens with zero attached hydrogens (tertiary/aromatic N) is 2. The molecule has 1 saturated carbocycles. The van der Waals surface area contributed by atoms with E-state index in [1.807, 2.05) is 24.3 Å². The van der Waals surface area contributed by atoms with Crippen molar-refractivity contribution in [2.24, 2.45) is 5.92 Å². The quantitative estimate of drug-likeness (QED) is 0.793. The molecule has 0 aliphatic heterocycles. The van der Waals surface area contributed by atoms with Crippen molar-refractivity contribution in [3.8, 4) is 0 Å². The zero-order valence-corrected chi connectivity index (χ0v) is 12.6. The number of hydrogen-bond acceptors (Lipinski definition) is 5. The molecule has 1 heterocycles. The first-order valence-corrected chi connectivity index (χ1v) is 8.06. The monoisotopic (exact) mass is 309 g/mol. The Balaban J connectivity index is 1.45. The van der Waals surface area contributed by atoms with E-state index in [2.05, 4.69) is 15.5 Å². The summed E-state index contributed by atoms with van der Waals surface area (Å²) in [6.45, 7) is 1.71.